The molecule has 0 bridgehead atoms. The lowest BCUT2D eigenvalue weighted by Gasteiger charge is -2.29. The van der Waals surface area contributed by atoms with Crippen LogP contribution in [0.1, 0.15) is 46.5 Å². The minimum absolute atomic E-state index is 0.374. The Balaban J connectivity index is 2.54. The van der Waals surface area contributed by atoms with Crippen molar-refractivity contribution in [2.75, 3.05) is 0 Å². The Bertz CT molecular complexity index is 162. The van der Waals surface area contributed by atoms with E-state index in [4.69, 9.17) is 0 Å². The first-order chi connectivity index (χ1) is 5.65. The van der Waals surface area contributed by atoms with Crippen LogP contribution in [-0.2, 0) is 4.79 Å². The second kappa shape index (κ2) is 4.06. The summed E-state index contributed by atoms with van der Waals surface area (Å²) in [4.78, 5) is 11.5. The third kappa shape index (κ3) is 2.09. The standard InChI is InChI=1S/C11H20O/c1-4-9(3)10-7-8(2)5-6-11(10)12/h8-10H,4-7H2,1-3H3. The third-order valence-corrected chi connectivity index (χ3v) is 3.28. The Morgan fingerprint density at radius 2 is 2.25 bits per heavy atom. The van der Waals surface area contributed by atoms with E-state index >= 15 is 0 Å². The van der Waals surface area contributed by atoms with Gasteiger partial charge in [0.15, 0.2) is 0 Å². The van der Waals surface area contributed by atoms with Gasteiger partial charge in [0.2, 0.25) is 0 Å². The van der Waals surface area contributed by atoms with Crippen molar-refractivity contribution in [1.29, 1.82) is 0 Å². The molecule has 0 aromatic rings. The second-order valence-corrected chi connectivity index (χ2v) is 4.34. The van der Waals surface area contributed by atoms with Crippen LogP contribution in [0.25, 0.3) is 0 Å². The molecule has 1 nitrogen and oxygen atoms in total. The molecule has 1 rings (SSSR count). The molecule has 1 aliphatic carbocycles. The minimum atomic E-state index is 0.374. The summed E-state index contributed by atoms with van der Waals surface area (Å²) < 4.78 is 0. The maximum Gasteiger partial charge on any atom is 0.136 e. The first-order valence-corrected chi connectivity index (χ1v) is 5.17. The van der Waals surface area contributed by atoms with Gasteiger partial charge in [-0.05, 0) is 24.7 Å². The van der Waals surface area contributed by atoms with Gasteiger partial charge in [-0.2, -0.15) is 0 Å². The van der Waals surface area contributed by atoms with Crippen molar-refractivity contribution in [3.05, 3.63) is 0 Å². The van der Waals surface area contributed by atoms with E-state index in [1.807, 2.05) is 0 Å². The van der Waals surface area contributed by atoms with Gasteiger partial charge in [-0.3, -0.25) is 4.79 Å². The summed E-state index contributed by atoms with van der Waals surface area (Å²) in [5.74, 6) is 2.25. The van der Waals surface area contributed by atoms with Crippen molar-refractivity contribution in [2.45, 2.75) is 46.5 Å². The maximum atomic E-state index is 11.5. The van der Waals surface area contributed by atoms with Crippen molar-refractivity contribution in [1.82, 2.24) is 0 Å². The zero-order chi connectivity index (χ0) is 9.14. The van der Waals surface area contributed by atoms with Crippen LogP contribution < -0.4 is 0 Å². The van der Waals surface area contributed by atoms with Gasteiger partial charge in [-0.25, -0.2) is 0 Å². The Morgan fingerprint density at radius 3 is 2.83 bits per heavy atom. The van der Waals surface area contributed by atoms with Crippen LogP contribution in [0.2, 0.25) is 0 Å². The van der Waals surface area contributed by atoms with Gasteiger partial charge in [-0.15, -0.1) is 0 Å². The first kappa shape index (κ1) is 9.76. The summed E-state index contributed by atoms with van der Waals surface area (Å²) >= 11 is 0. The van der Waals surface area contributed by atoms with E-state index in [2.05, 4.69) is 20.8 Å². The van der Waals surface area contributed by atoms with Crippen molar-refractivity contribution in [3.8, 4) is 0 Å². The summed E-state index contributed by atoms with van der Waals surface area (Å²) in [5.41, 5.74) is 0. The topological polar surface area (TPSA) is 17.1 Å². The van der Waals surface area contributed by atoms with Crippen LogP contribution in [0, 0.1) is 17.8 Å². The third-order valence-electron chi connectivity index (χ3n) is 3.28. The van der Waals surface area contributed by atoms with Crippen LogP contribution in [0.3, 0.4) is 0 Å². The molecule has 1 fully saturated rings. The maximum absolute atomic E-state index is 11.5. The normalized spacial score (nSPS) is 33.4. The molecular weight excluding hydrogens is 148 g/mol. The molecule has 0 radical (unpaired) electrons. The fourth-order valence-electron chi connectivity index (χ4n) is 2.09. The summed E-state index contributed by atoms with van der Waals surface area (Å²) in [6, 6.07) is 0. The van der Waals surface area contributed by atoms with Crippen LogP contribution in [0.4, 0.5) is 0 Å². The minimum Gasteiger partial charge on any atom is -0.299 e. The van der Waals surface area contributed by atoms with E-state index in [0.717, 1.165) is 31.6 Å². The Labute approximate surface area is 75.5 Å². The molecule has 3 atom stereocenters. The van der Waals surface area contributed by atoms with Crippen LogP contribution in [0.5, 0.6) is 0 Å². The summed E-state index contributed by atoms with van der Waals surface area (Å²) in [7, 11) is 0. The lowest BCUT2D eigenvalue weighted by atomic mass is 9.75. The smallest absolute Gasteiger partial charge is 0.136 e. The molecule has 12 heavy (non-hydrogen) atoms. The van der Waals surface area contributed by atoms with Gasteiger partial charge >= 0.3 is 0 Å². The highest BCUT2D eigenvalue weighted by molar-refractivity contribution is 5.81. The molecule has 0 saturated heterocycles. The number of Topliss-reactive ketones (excluding diaryl/α,β-unsaturated/α-hetero) is 1. The van der Waals surface area contributed by atoms with E-state index in [0.29, 0.717) is 17.6 Å². The highest BCUT2D eigenvalue weighted by Crippen LogP contribution is 2.32. The van der Waals surface area contributed by atoms with Gasteiger partial charge in [-0.1, -0.05) is 27.2 Å². The van der Waals surface area contributed by atoms with Gasteiger partial charge in [0.1, 0.15) is 5.78 Å². The molecule has 1 saturated carbocycles. The van der Waals surface area contributed by atoms with Crippen molar-refractivity contribution < 1.29 is 4.79 Å². The number of hydrogen-bond donors (Lipinski definition) is 0. The SMILES string of the molecule is CCC(C)C1CC(C)CCC1=O. The van der Waals surface area contributed by atoms with Crippen molar-refractivity contribution in [3.63, 3.8) is 0 Å². The first-order valence-electron chi connectivity index (χ1n) is 5.17. The molecule has 0 aromatic heterocycles. The van der Waals surface area contributed by atoms with E-state index in [1.165, 1.54) is 0 Å². The fourth-order valence-corrected chi connectivity index (χ4v) is 2.09. The Hall–Kier alpha value is -0.330. The molecule has 0 amide bonds. The van der Waals surface area contributed by atoms with Crippen LogP contribution in [0.15, 0.2) is 0 Å². The lowest BCUT2D eigenvalue weighted by molar-refractivity contribution is -0.127. The molecule has 0 aromatic carbocycles. The number of rotatable bonds is 2. The Kier molecular flexibility index (Phi) is 3.30. The number of carbonyl (C=O) groups is 1. The fraction of sp³-hybridized carbons (Fsp3) is 0.909. The average molecular weight is 168 g/mol. The summed E-state index contributed by atoms with van der Waals surface area (Å²) in [6.45, 7) is 6.65. The van der Waals surface area contributed by atoms with Crippen LogP contribution >= 0.6 is 0 Å². The zero-order valence-electron chi connectivity index (χ0n) is 8.47. The molecule has 0 heterocycles. The largest absolute Gasteiger partial charge is 0.299 e. The van der Waals surface area contributed by atoms with Crippen LogP contribution in [-0.4, -0.2) is 5.78 Å². The molecule has 1 heteroatoms. The number of ketones is 1. The predicted octanol–water partition coefficient (Wildman–Crippen LogP) is 3.04. The van der Waals surface area contributed by atoms with Gasteiger partial charge in [0.25, 0.3) is 0 Å². The molecule has 1 aliphatic rings. The second-order valence-electron chi connectivity index (χ2n) is 4.34. The van der Waals surface area contributed by atoms with Gasteiger partial charge in [0.05, 0.1) is 0 Å². The molecule has 0 aliphatic heterocycles. The van der Waals surface area contributed by atoms with E-state index < -0.39 is 0 Å². The highest BCUT2D eigenvalue weighted by atomic mass is 16.1. The molecular formula is C11H20O. The van der Waals surface area contributed by atoms with Gasteiger partial charge in [0, 0.05) is 12.3 Å². The van der Waals surface area contributed by atoms with E-state index in [1.54, 1.807) is 0 Å². The van der Waals surface area contributed by atoms with E-state index in [9.17, 15) is 4.79 Å². The highest BCUT2D eigenvalue weighted by Gasteiger charge is 2.29. The lowest BCUT2D eigenvalue weighted by Crippen LogP contribution is -2.28. The van der Waals surface area contributed by atoms with Gasteiger partial charge < -0.3 is 0 Å². The summed E-state index contributed by atoms with van der Waals surface area (Å²) in [5, 5.41) is 0. The average Bonchev–Trinajstić information content (AvgIpc) is 2.08. The van der Waals surface area contributed by atoms with Crippen molar-refractivity contribution >= 4 is 5.78 Å². The molecule has 70 valence electrons. The molecule has 0 spiro atoms. The van der Waals surface area contributed by atoms with E-state index in [-0.39, 0.29) is 0 Å². The monoisotopic (exact) mass is 168 g/mol. The van der Waals surface area contributed by atoms with Crippen molar-refractivity contribution in [2.24, 2.45) is 17.8 Å². The predicted molar refractivity (Wildman–Crippen MR) is 51.0 cm³/mol. The number of hydrogen-bond acceptors (Lipinski definition) is 1. The Morgan fingerprint density at radius 1 is 1.58 bits per heavy atom. The zero-order valence-corrected chi connectivity index (χ0v) is 8.47. The number of carbonyl (C=O) groups excluding carboxylic acids is 1. The summed E-state index contributed by atoms with van der Waals surface area (Å²) in [6.07, 6.45) is 4.22. The molecule has 0 N–H and O–H groups in total. The quantitative estimate of drug-likeness (QED) is 0.619. The molecule has 3 unspecified atom stereocenters.